The quantitative estimate of drug-likeness (QED) is 0.0153. The number of aliphatic hydroxyl groups excluding tert-OH is 7. The lowest BCUT2D eigenvalue weighted by Crippen LogP contribution is -2.62. The summed E-state index contributed by atoms with van der Waals surface area (Å²) in [5, 5.41) is 152. The molecule has 1 heterocycles. The molecule has 0 spiro atoms. The second-order valence-corrected chi connectivity index (χ2v) is 36.1. The zero-order chi connectivity index (χ0) is 110. The van der Waals surface area contributed by atoms with Gasteiger partial charge in [0.25, 0.3) is 0 Å². The Morgan fingerprint density at radius 2 is 0.764 bits per heavy atom. The van der Waals surface area contributed by atoms with E-state index in [0.29, 0.717) is 0 Å². The van der Waals surface area contributed by atoms with Gasteiger partial charge in [-0.05, 0) is 108 Å². The maximum atomic E-state index is 14.3. The highest BCUT2D eigenvalue weighted by molar-refractivity contribution is 7.98. The summed E-state index contributed by atoms with van der Waals surface area (Å²) in [5.74, 6) is -32.1. The Kier molecular flexibility index (Phi) is 58.0. The maximum absolute atomic E-state index is 14.3. The van der Waals surface area contributed by atoms with E-state index in [1.807, 2.05) is 0 Å². The molecule has 0 aromatic rings. The monoisotopic (exact) mass is 2080 g/mol. The van der Waals surface area contributed by atoms with Crippen LogP contribution >= 0.6 is 11.8 Å². The molecule has 0 aromatic heterocycles. The van der Waals surface area contributed by atoms with Gasteiger partial charge >= 0.3 is 17.9 Å². The Morgan fingerprint density at radius 1 is 0.396 bits per heavy atom. The molecule has 0 unspecified atom stereocenters. The molecule has 0 bridgehead atoms. The zero-order valence-electron chi connectivity index (χ0n) is 81.9. The van der Waals surface area contributed by atoms with Crippen LogP contribution in [0.25, 0.3) is 0 Å². The molecule has 22 atom stereocenters. The molecule has 0 radical (unpaired) electrons. The van der Waals surface area contributed by atoms with Crippen LogP contribution in [0, 0.1) is 29.1 Å². The van der Waals surface area contributed by atoms with Crippen molar-refractivity contribution in [2.75, 3.05) is 64.7 Å². The number of carbonyl (C=O) groups excluding carboxylic acids is 21. The van der Waals surface area contributed by atoms with E-state index in [4.69, 9.17) is 33.5 Å². The third-order valence-corrected chi connectivity index (χ3v) is 22.7. The van der Waals surface area contributed by atoms with Gasteiger partial charge < -0.3 is 180 Å². The Morgan fingerprint density at radius 3 is 1.20 bits per heavy atom. The normalized spacial score (nSPS) is 16.6. The molecule has 1 aliphatic heterocycles. The molecule has 21 amide bonds. The van der Waals surface area contributed by atoms with E-state index in [1.54, 1.807) is 34.0 Å². The average molecular weight is 2080 g/mol. The Labute approximate surface area is 831 Å². The first kappa shape index (κ1) is 129. The van der Waals surface area contributed by atoms with Crippen LogP contribution in [-0.2, 0) is 115 Å². The Balaban J connectivity index is 3.31. The fourth-order valence-electron chi connectivity index (χ4n) is 13.7. The molecule has 38 N–H and O–H groups in total. The van der Waals surface area contributed by atoms with Gasteiger partial charge in [-0.2, -0.15) is 11.8 Å². The van der Waals surface area contributed by atoms with Gasteiger partial charge in [0.15, 0.2) is 12.0 Å². The third-order valence-electron chi connectivity index (χ3n) is 22.1. The minimum atomic E-state index is -2.01. The highest BCUT2D eigenvalue weighted by atomic mass is 32.2. The van der Waals surface area contributed by atoms with Crippen molar-refractivity contribution in [3.05, 3.63) is 0 Å². The number of nitrogens with one attached hydrogen (secondary N) is 20. The summed E-state index contributed by atoms with van der Waals surface area (Å²) in [6.45, 7) is 7.95. The second-order valence-electron chi connectivity index (χ2n) is 35.1. The number of carboxylic acids is 3. The molecular formula is C84H143N25O34S. The first-order chi connectivity index (χ1) is 67.3. The van der Waals surface area contributed by atoms with Gasteiger partial charge in [0, 0.05) is 25.9 Å². The Hall–Kier alpha value is -13.4. The van der Waals surface area contributed by atoms with Crippen LogP contribution in [0.3, 0.4) is 0 Å². The van der Waals surface area contributed by atoms with Gasteiger partial charge in [-0.3, -0.25) is 116 Å². The van der Waals surface area contributed by atoms with E-state index in [-0.39, 0.29) is 63.8 Å². The first-order valence-electron chi connectivity index (χ1n) is 46.0. The van der Waals surface area contributed by atoms with Crippen molar-refractivity contribution >= 4 is 160 Å². The van der Waals surface area contributed by atoms with Crippen LogP contribution in [0.15, 0.2) is 0 Å². The lowest BCUT2D eigenvalue weighted by Gasteiger charge is -2.30. The topological polar surface area (TPSA) is 972 Å². The summed E-state index contributed by atoms with van der Waals surface area (Å²) in [4.78, 5) is 322. The van der Waals surface area contributed by atoms with Crippen molar-refractivity contribution in [3.63, 3.8) is 0 Å². The van der Waals surface area contributed by atoms with Crippen molar-refractivity contribution in [2.45, 2.75) is 287 Å². The number of hydrogen-bond donors (Lipinski definition) is 34. The number of guanidine groups is 1. The lowest BCUT2D eigenvalue weighted by molar-refractivity contribution is -0.145. The SMILES string of the molecule is CC[C@H](C)[C@H](NC(=O)[C@@H](N)CC(=O)O)C(=O)N[C@@H](CCC(N)=O)C(=O)N[C@@H](CCSC)C(=O)N[C@H](C(=O)N[C@@H](CCC(N)=O)C(=O)N[C@@H](CO)C(=O)N1CCC[C@H]1C(=O)N[C@@H](CO)C(=O)N[C@@H](CO)C(=O)N[C@@H](CC(C)C)C(=O)N[C@@H](CO)C(=O)N[C@@H](C)C(=O)N[C@@H](CO)C(=O)N[C@H](C(=O)NCC(=O)N[C@@H](CC(=O)O)C(=O)N[C@@H](CCCNC(=N)N)C(=O)N[C@H](C(=O)N[C@H](C(=O)O)[C@@H](C)O)C(C)C)C(C)C)[C@@H](C)O. The molecule has 1 saturated heterocycles. The fraction of sp³-hybridized carbons (Fsp3) is 0.702. The van der Waals surface area contributed by atoms with Gasteiger partial charge in [-0.15, -0.1) is 0 Å². The summed E-state index contributed by atoms with van der Waals surface area (Å²) in [6, 6.07) is -33.3. The minimum Gasteiger partial charge on any atom is -0.481 e. The second kappa shape index (κ2) is 65.0. The van der Waals surface area contributed by atoms with E-state index in [0.717, 1.165) is 25.7 Å². The number of hydrogen-bond acceptors (Lipinski definition) is 34. The maximum Gasteiger partial charge on any atom is 0.328 e. The molecule has 0 aliphatic carbocycles. The highest BCUT2D eigenvalue weighted by Gasteiger charge is 2.44. The number of thioether (sulfide) groups is 1. The fourth-order valence-corrected chi connectivity index (χ4v) is 14.2. The van der Waals surface area contributed by atoms with Gasteiger partial charge in [0.05, 0.1) is 70.7 Å². The van der Waals surface area contributed by atoms with Crippen molar-refractivity contribution in [2.24, 2.45) is 46.6 Å². The summed E-state index contributed by atoms with van der Waals surface area (Å²) in [7, 11) is 0. The number of amides is 21. The number of likely N-dealkylation sites (tertiary alicyclic amines) is 1. The molecule has 1 rings (SSSR count). The third kappa shape index (κ3) is 45.5. The van der Waals surface area contributed by atoms with Crippen molar-refractivity contribution in [1.82, 2.24) is 106 Å². The largest absolute Gasteiger partial charge is 0.481 e. The molecular weight excluding hydrogens is 1940 g/mol. The van der Waals surface area contributed by atoms with E-state index in [2.05, 4.69) is 101 Å². The number of aliphatic hydroxyl groups is 7. The summed E-state index contributed by atoms with van der Waals surface area (Å²) < 4.78 is 0. The molecule has 1 fully saturated rings. The number of rotatable bonds is 68. The van der Waals surface area contributed by atoms with Crippen molar-refractivity contribution in [1.29, 1.82) is 5.41 Å². The summed E-state index contributed by atoms with van der Waals surface area (Å²) in [6.07, 6.45) is -6.60. The van der Waals surface area contributed by atoms with E-state index in [1.165, 1.54) is 39.5 Å². The van der Waals surface area contributed by atoms with Crippen LogP contribution in [0.1, 0.15) is 160 Å². The molecule has 144 heavy (non-hydrogen) atoms. The van der Waals surface area contributed by atoms with Gasteiger partial charge in [-0.25, -0.2) is 4.79 Å². The molecule has 0 saturated carbocycles. The van der Waals surface area contributed by atoms with Gasteiger partial charge in [0.1, 0.15) is 103 Å². The van der Waals surface area contributed by atoms with E-state index >= 15 is 0 Å². The Bertz CT molecular complexity index is 4460. The van der Waals surface area contributed by atoms with Crippen molar-refractivity contribution < 1.29 is 166 Å². The number of nitrogens with two attached hydrogens (primary N) is 4. The van der Waals surface area contributed by atoms with E-state index in [9.17, 15) is 161 Å². The zero-order valence-corrected chi connectivity index (χ0v) is 82.7. The number of aliphatic carboxylic acids is 3. The van der Waals surface area contributed by atoms with Crippen LogP contribution in [0.4, 0.5) is 0 Å². The summed E-state index contributed by atoms with van der Waals surface area (Å²) in [5.41, 5.74) is 21.8. The van der Waals surface area contributed by atoms with Gasteiger partial charge in [-0.1, -0.05) is 61.8 Å². The van der Waals surface area contributed by atoms with Gasteiger partial charge in [0.2, 0.25) is 124 Å². The average Bonchev–Trinajstić information content (AvgIpc) is 1.70. The van der Waals surface area contributed by atoms with Crippen LogP contribution < -0.4 is 124 Å². The number of nitrogens with zero attached hydrogens (tertiary/aromatic N) is 1. The standard InChI is InChI=1S/C84H143N25O34S/c1-13-38(8)62(106-66(125)42(85)27-58(120)121)80(139)96-44(18-20-55(86)117)67(126)95-46(22-25-144-12)70(129)107-63(40(10)115)81(140)97-45(19-21-56(87)118)68(127)103-53(34-114)82(141)109-24-15-17-54(109)77(136)102-51(32-112)75(134)101-50(31-111)74(133)98-47(26-35(2)3)71(130)100-49(30-110)73(132)92-39(9)65(124)99-52(33-113)76(135)104-60(36(4)5)78(137)91-29-57(119)93-48(28-59(122)123)72(131)94-43(16-14-23-90-84(88)89)69(128)105-61(37(6)7)79(138)108-64(41(11)116)83(142)143/h35-54,60-64,110-116H,13-34,85H2,1-12H3,(H2,86,117)(H2,87,118)(H,91,137)(H,92,132)(H,93,119)(H,94,131)(H,95,126)(H,96,139)(H,97,140)(H,98,133)(H,99,124)(H,100,130)(H,101,134)(H,102,136)(H,103,127)(H,104,135)(H,105,128)(H,106,125)(H,107,129)(H,108,138)(H,120,121)(H,122,123)(H,142,143)(H4,88,89,90)/t38-,39-,40+,41+,42-,43-,44-,45-,46-,47-,48-,49-,50-,51-,52-,53-,54-,60-,61-,62-,63-,64-/m0/s1. The predicted octanol–water partition coefficient (Wildman–Crippen LogP) is -15.6. The van der Waals surface area contributed by atoms with Crippen molar-refractivity contribution in [3.8, 4) is 0 Å². The molecule has 0 aromatic carbocycles. The minimum absolute atomic E-state index is 0.0134. The lowest BCUT2D eigenvalue weighted by atomic mass is 9.97. The van der Waals surface area contributed by atoms with Crippen LogP contribution in [0.5, 0.6) is 0 Å². The van der Waals surface area contributed by atoms with Crippen LogP contribution in [0.2, 0.25) is 0 Å². The smallest absolute Gasteiger partial charge is 0.328 e. The molecule has 1 aliphatic rings. The molecule has 60 heteroatoms. The highest BCUT2D eigenvalue weighted by Crippen LogP contribution is 2.21. The molecule has 814 valence electrons. The number of carboxylic acid groups (broad SMARTS) is 3. The number of carbonyl (C=O) groups is 24. The summed E-state index contributed by atoms with van der Waals surface area (Å²) >= 11 is 1.19. The predicted molar refractivity (Wildman–Crippen MR) is 503 cm³/mol. The van der Waals surface area contributed by atoms with E-state index < -0.39 is 377 Å². The number of primary amides is 2. The first-order valence-corrected chi connectivity index (χ1v) is 47.4. The molecule has 59 nitrogen and oxygen atoms in total. The van der Waals surface area contributed by atoms with Crippen LogP contribution in [-0.4, -0.2) is 396 Å².